The lowest BCUT2D eigenvalue weighted by Gasteiger charge is -2.31. The average Bonchev–Trinajstić information content (AvgIpc) is 2.93. The van der Waals surface area contributed by atoms with Crippen molar-refractivity contribution in [1.82, 2.24) is 5.32 Å². The second kappa shape index (κ2) is 5.37. The summed E-state index contributed by atoms with van der Waals surface area (Å²) in [5.74, 6) is 1.36. The van der Waals surface area contributed by atoms with Gasteiger partial charge < -0.3 is 14.5 Å². The van der Waals surface area contributed by atoms with Crippen LogP contribution in [0, 0.1) is 18.3 Å². The Kier molecular flexibility index (Phi) is 3.99. The van der Waals surface area contributed by atoms with Crippen molar-refractivity contribution < 1.29 is 13.9 Å². The Bertz CT molecular complexity index is 444. The van der Waals surface area contributed by atoms with Gasteiger partial charge in [0.05, 0.1) is 6.10 Å². The smallest absolute Gasteiger partial charge is 0.287 e. The number of amides is 1. The fourth-order valence-electron chi connectivity index (χ4n) is 2.67. The predicted octanol–water partition coefficient (Wildman–Crippen LogP) is 2.77. The molecule has 2 atom stereocenters. The zero-order valence-corrected chi connectivity index (χ0v) is 12.2. The van der Waals surface area contributed by atoms with Crippen molar-refractivity contribution in [3.8, 4) is 0 Å². The zero-order chi connectivity index (χ0) is 14.0. The molecule has 2 heterocycles. The third-order valence-electron chi connectivity index (χ3n) is 3.56. The number of hydrogen-bond donors (Lipinski definition) is 1. The molecule has 0 aromatic carbocycles. The lowest BCUT2D eigenvalue weighted by Crippen LogP contribution is -2.38. The van der Waals surface area contributed by atoms with Gasteiger partial charge in [-0.3, -0.25) is 4.79 Å². The minimum Gasteiger partial charge on any atom is -0.456 e. The van der Waals surface area contributed by atoms with Crippen LogP contribution in [0.5, 0.6) is 0 Å². The molecule has 4 heteroatoms. The van der Waals surface area contributed by atoms with Crippen LogP contribution in [0.1, 0.15) is 43.5 Å². The van der Waals surface area contributed by atoms with Gasteiger partial charge in [-0.25, -0.2) is 0 Å². The van der Waals surface area contributed by atoms with Crippen LogP contribution in [0.3, 0.4) is 0 Å². The Balaban J connectivity index is 1.90. The number of furan rings is 1. The summed E-state index contributed by atoms with van der Waals surface area (Å²) in [7, 11) is 0. The second-order valence-corrected chi connectivity index (χ2v) is 6.33. The van der Waals surface area contributed by atoms with Crippen LogP contribution in [0.15, 0.2) is 16.5 Å². The van der Waals surface area contributed by atoms with E-state index in [-0.39, 0.29) is 17.4 Å². The van der Waals surface area contributed by atoms with Crippen LogP contribution in [-0.2, 0) is 4.74 Å². The summed E-state index contributed by atoms with van der Waals surface area (Å²) in [5.41, 5.74) is 0.104. The molecule has 0 saturated carbocycles. The van der Waals surface area contributed by atoms with Crippen LogP contribution in [-0.4, -0.2) is 25.2 Å². The molecule has 106 valence electrons. The molecular formula is C15H23NO3. The monoisotopic (exact) mass is 265 g/mol. The first-order valence-electron chi connectivity index (χ1n) is 6.84. The molecule has 4 nitrogen and oxygen atoms in total. The highest BCUT2D eigenvalue weighted by molar-refractivity contribution is 5.91. The van der Waals surface area contributed by atoms with Crippen molar-refractivity contribution >= 4 is 5.91 Å². The van der Waals surface area contributed by atoms with Gasteiger partial charge in [0.15, 0.2) is 5.76 Å². The zero-order valence-electron chi connectivity index (χ0n) is 12.2. The van der Waals surface area contributed by atoms with E-state index in [4.69, 9.17) is 9.15 Å². The van der Waals surface area contributed by atoms with E-state index in [1.165, 1.54) is 0 Å². The number of hydrogen-bond acceptors (Lipinski definition) is 3. The van der Waals surface area contributed by atoms with Gasteiger partial charge in [-0.1, -0.05) is 20.8 Å². The summed E-state index contributed by atoms with van der Waals surface area (Å²) in [6.45, 7) is 9.77. The van der Waals surface area contributed by atoms with Gasteiger partial charge in [-0.15, -0.1) is 0 Å². The lowest BCUT2D eigenvalue weighted by molar-refractivity contribution is 0.00731. The number of nitrogens with one attached hydrogen (secondary N) is 1. The molecule has 1 aromatic rings. The molecule has 1 aliphatic heterocycles. The van der Waals surface area contributed by atoms with Crippen molar-refractivity contribution in [1.29, 1.82) is 0 Å². The normalized spacial score (nSPS) is 23.6. The number of rotatable bonds is 3. The third kappa shape index (κ3) is 3.38. The standard InChI is InChI=1S/C15H23NO3/c1-10-5-6-12(19-10)14(17)16-9-11-7-8-18-13(11)15(2,3)4/h5-6,11,13H,7-9H2,1-4H3,(H,16,17)/t11-,13+/m1/s1. The molecule has 0 radical (unpaired) electrons. The highest BCUT2D eigenvalue weighted by Crippen LogP contribution is 2.34. The van der Waals surface area contributed by atoms with E-state index >= 15 is 0 Å². The summed E-state index contributed by atoms with van der Waals surface area (Å²) in [4.78, 5) is 11.9. The molecule has 1 aliphatic rings. The van der Waals surface area contributed by atoms with Crippen molar-refractivity contribution in [2.24, 2.45) is 11.3 Å². The highest BCUT2D eigenvalue weighted by Gasteiger charge is 2.37. The molecule has 2 rings (SSSR count). The first kappa shape index (κ1) is 14.1. The molecule has 0 unspecified atom stereocenters. The second-order valence-electron chi connectivity index (χ2n) is 6.33. The molecule has 1 fully saturated rings. The summed E-state index contributed by atoms with van der Waals surface area (Å²) in [6.07, 6.45) is 1.20. The summed E-state index contributed by atoms with van der Waals surface area (Å²) in [6, 6.07) is 3.50. The predicted molar refractivity (Wildman–Crippen MR) is 73.1 cm³/mol. The fourth-order valence-corrected chi connectivity index (χ4v) is 2.67. The van der Waals surface area contributed by atoms with E-state index < -0.39 is 0 Å². The van der Waals surface area contributed by atoms with Gasteiger partial charge in [0.2, 0.25) is 0 Å². The average molecular weight is 265 g/mol. The first-order chi connectivity index (χ1) is 8.88. The van der Waals surface area contributed by atoms with Crippen LogP contribution >= 0.6 is 0 Å². The maximum atomic E-state index is 11.9. The van der Waals surface area contributed by atoms with Gasteiger partial charge in [0.1, 0.15) is 5.76 Å². The molecule has 1 amide bonds. The number of carbonyl (C=O) groups excluding carboxylic acids is 1. The lowest BCUT2D eigenvalue weighted by atomic mass is 9.81. The Morgan fingerprint density at radius 3 is 2.74 bits per heavy atom. The number of carbonyl (C=O) groups is 1. The largest absolute Gasteiger partial charge is 0.456 e. The molecule has 1 N–H and O–H groups in total. The molecule has 0 aliphatic carbocycles. The fraction of sp³-hybridized carbons (Fsp3) is 0.667. The van der Waals surface area contributed by atoms with Gasteiger partial charge in [0, 0.05) is 19.1 Å². The summed E-state index contributed by atoms with van der Waals surface area (Å²) >= 11 is 0. The van der Waals surface area contributed by atoms with E-state index in [1.54, 1.807) is 12.1 Å². The maximum Gasteiger partial charge on any atom is 0.287 e. The van der Waals surface area contributed by atoms with Crippen molar-refractivity contribution in [2.75, 3.05) is 13.2 Å². The van der Waals surface area contributed by atoms with Crippen molar-refractivity contribution in [3.63, 3.8) is 0 Å². The van der Waals surface area contributed by atoms with Gasteiger partial charge >= 0.3 is 0 Å². The van der Waals surface area contributed by atoms with Crippen LogP contribution in [0.4, 0.5) is 0 Å². The van der Waals surface area contributed by atoms with E-state index in [1.807, 2.05) is 6.92 Å². The Hall–Kier alpha value is -1.29. The Morgan fingerprint density at radius 2 is 2.16 bits per heavy atom. The third-order valence-corrected chi connectivity index (χ3v) is 3.56. The van der Waals surface area contributed by atoms with Gasteiger partial charge in [-0.2, -0.15) is 0 Å². The number of aryl methyl sites for hydroxylation is 1. The SMILES string of the molecule is Cc1ccc(C(=O)NC[C@H]2CCO[C@@H]2C(C)(C)C)o1. The quantitative estimate of drug-likeness (QED) is 0.914. The topological polar surface area (TPSA) is 51.5 Å². The van der Waals surface area contributed by atoms with Crippen LogP contribution in [0.25, 0.3) is 0 Å². The molecule has 0 bridgehead atoms. The number of ether oxygens (including phenoxy) is 1. The van der Waals surface area contributed by atoms with Crippen molar-refractivity contribution in [2.45, 2.75) is 40.2 Å². The van der Waals surface area contributed by atoms with Gasteiger partial charge in [0.25, 0.3) is 5.91 Å². The summed E-state index contributed by atoms with van der Waals surface area (Å²) < 4.78 is 11.1. The molecule has 1 aromatic heterocycles. The first-order valence-corrected chi connectivity index (χ1v) is 6.84. The van der Waals surface area contributed by atoms with Crippen LogP contribution in [0.2, 0.25) is 0 Å². The van der Waals surface area contributed by atoms with E-state index in [9.17, 15) is 4.79 Å². The minimum absolute atomic E-state index is 0.104. The molecular weight excluding hydrogens is 242 g/mol. The minimum atomic E-state index is -0.146. The van der Waals surface area contributed by atoms with Crippen molar-refractivity contribution in [3.05, 3.63) is 23.7 Å². The van der Waals surface area contributed by atoms with E-state index in [0.717, 1.165) is 18.8 Å². The summed E-state index contributed by atoms with van der Waals surface area (Å²) in [5, 5.41) is 2.94. The Morgan fingerprint density at radius 1 is 1.42 bits per heavy atom. The van der Waals surface area contributed by atoms with E-state index in [2.05, 4.69) is 26.1 Å². The van der Waals surface area contributed by atoms with Gasteiger partial charge in [-0.05, 0) is 30.9 Å². The maximum absolute atomic E-state index is 11.9. The highest BCUT2D eigenvalue weighted by atomic mass is 16.5. The van der Waals surface area contributed by atoms with E-state index in [0.29, 0.717) is 18.2 Å². The molecule has 1 saturated heterocycles. The van der Waals surface area contributed by atoms with Crippen LogP contribution < -0.4 is 5.32 Å². The molecule has 0 spiro atoms. The Labute approximate surface area is 114 Å². The molecule has 19 heavy (non-hydrogen) atoms.